The lowest BCUT2D eigenvalue weighted by molar-refractivity contribution is -0.142. The molecule has 0 radical (unpaired) electrons. The first-order valence-electron chi connectivity index (χ1n) is 16.9. The highest BCUT2D eigenvalue weighted by atomic mass is 16.6. The summed E-state index contributed by atoms with van der Waals surface area (Å²) in [6.07, 6.45) is 0.898. The zero-order valence-corrected chi connectivity index (χ0v) is 30.2. The van der Waals surface area contributed by atoms with Crippen LogP contribution in [-0.4, -0.2) is 76.6 Å². The van der Waals surface area contributed by atoms with Crippen molar-refractivity contribution in [3.8, 4) is 22.8 Å². The largest absolute Gasteiger partial charge is 0.497 e. The molecule has 3 amide bonds. The summed E-state index contributed by atoms with van der Waals surface area (Å²) >= 11 is 0. The standard InChI is InChI=1S/C39H48N4O7/c1-10-25-21-39(25,23(2)44)42-34(45)31-19-27(22-43(31)35(46)33(37(3,4)5)41-36(47)50-38(6,7)8)49-32-20-29(24-14-12-11-13-15-24)40-30-18-26(48-9)16-17-28(30)32/h10-18,20,25,27,31,33H,1,19,21-22H2,2-9H3,(H,41,47)(H,42,45)/t25-,27-,31+,33-,39+/m1/s1. The number of fused-ring (bicyclic) bond motifs is 1. The third kappa shape index (κ3) is 7.77. The predicted octanol–water partition coefficient (Wildman–Crippen LogP) is 5.85. The SMILES string of the molecule is C=C[C@@H]1C[C@]1(NC(=O)[C@@H]1C[C@@H](Oc2cc(-c3ccccc3)nc3cc(OC)ccc23)CN1C(=O)[C@@H](NC(=O)OC(C)(C)C)C(C)(C)C)C(C)=O. The second kappa shape index (κ2) is 13.8. The second-order valence-electron chi connectivity index (χ2n) is 15.2. The number of nitrogens with one attached hydrogen (secondary N) is 2. The fraction of sp³-hybridized carbons (Fsp3) is 0.462. The van der Waals surface area contributed by atoms with Gasteiger partial charge in [-0.25, -0.2) is 9.78 Å². The Morgan fingerprint density at radius 1 is 1.04 bits per heavy atom. The first-order chi connectivity index (χ1) is 23.5. The Hall–Kier alpha value is -4.93. The third-order valence-electron chi connectivity index (χ3n) is 9.24. The Labute approximate surface area is 293 Å². The van der Waals surface area contributed by atoms with E-state index in [0.29, 0.717) is 29.1 Å². The minimum Gasteiger partial charge on any atom is -0.497 e. The van der Waals surface area contributed by atoms with Gasteiger partial charge in [0.15, 0.2) is 5.78 Å². The van der Waals surface area contributed by atoms with Crippen molar-refractivity contribution in [2.75, 3.05) is 13.7 Å². The molecule has 11 heteroatoms. The zero-order chi connectivity index (χ0) is 36.6. The van der Waals surface area contributed by atoms with Crippen LogP contribution in [0.5, 0.6) is 11.5 Å². The molecular weight excluding hydrogens is 636 g/mol. The lowest BCUT2D eigenvalue weighted by Crippen LogP contribution is -2.59. The molecule has 2 aromatic carbocycles. The third-order valence-corrected chi connectivity index (χ3v) is 9.24. The van der Waals surface area contributed by atoms with Gasteiger partial charge in [-0.05, 0) is 51.7 Å². The maximum absolute atomic E-state index is 14.5. The topological polar surface area (TPSA) is 136 Å². The van der Waals surface area contributed by atoms with Crippen LogP contribution in [0.25, 0.3) is 22.2 Å². The molecule has 0 spiro atoms. The van der Waals surface area contributed by atoms with E-state index in [1.807, 2.05) is 75.4 Å². The van der Waals surface area contributed by atoms with E-state index in [1.54, 1.807) is 34.0 Å². The molecule has 0 bridgehead atoms. The number of hydrogen-bond acceptors (Lipinski definition) is 8. The van der Waals surface area contributed by atoms with Gasteiger partial charge in [-0.3, -0.25) is 14.4 Å². The van der Waals surface area contributed by atoms with Gasteiger partial charge in [0.1, 0.15) is 40.8 Å². The van der Waals surface area contributed by atoms with E-state index in [9.17, 15) is 19.2 Å². The molecule has 266 valence electrons. The zero-order valence-electron chi connectivity index (χ0n) is 30.2. The van der Waals surface area contributed by atoms with Gasteiger partial charge in [0.05, 0.1) is 24.9 Å². The van der Waals surface area contributed by atoms with E-state index < -0.39 is 52.7 Å². The number of carbonyl (C=O) groups is 4. The number of methoxy groups -OCH3 is 1. The highest BCUT2D eigenvalue weighted by Crippen LogP contribution is 2.45. The highest BCUT2D eigenvalue weighted by molar-refractivity contribution is 5.98. The van der Waals surface area contributed by atoms with Crippen LogP contribution in [0.3, 0.4) is 0 Å². The molecule has 1 aromatic heterocycles. The average molecular weight is 685 g/mol. The molecule has 11 nitrogen and oxygen atoms in total. The van der Waals surface area contributed by atoms with Gasteiger partial charge in [-0.1, -0.05) is 57.2 Å². The highest BCUT2D eigenvalue weighted by Gasteiger charge is 2.59. The number of ether oxygens (including phenoxy) is 3. The van der Waals surface area contributed by atoms with E-state index in [1.165, 1.54) is 11.8 Å². The molecular formula is C39H48N4O7. The Kier molecular flexibility index (Phi) is 10.0. The number of benzene rings is 2. The molecule has 5 rings (SSSR count). The normalized spacial score (nSPS) is 22.3. The monoisotopic (exact) mass is 684 g/mol. The molecule has 50 heavy (non-hydrogen) atoms. The van der Waals surface area contributed by atoms with Gasteiger partial charge < -0.3 is 29.7 Å². The second-order valence-corrected chi connectivity index (χ2v) is 15.2. The Bertz CT molecular complexity index is 1800. The summed E-state index contributed by atoms with van der Waals surface area (Å²) in [6, 6.07) is 15.1. The maximum atomic E-state index is 14.5. The van der Waals surface area contributed by atoms with Crippen molar-refractivity contribution in [1.82, 2.24) is 20.5 Å². The molecule has 1 aliphatic heterocycles. The van der Waals surface area contributed by atoms with Crippen molar-refractivity contribution < 1.29 is 33.4 Å². The minimum atomic E-state index is -1.06. The molecule has 2 aliphatic rings. The fourth-order valence-corrected chi connectivity index (χ4v) is 6.46. The van der Waals surface area contributed by atoms with Crippen LogP contribution < -0.4 is 20.1 Å². The summed E-state index contributed by atoms with van der Waals surface area (Å²) < 4.78 is 17.6. The summed E-state index contributed by atoms with van der Waals surface area (Å²) in [5, 5.41) is 6.45. The number of ketones is 1. The summed E-state index contributed by atoms with van der Waals surface area (Å²) in [4.78, 5) is 60.6. The molecule has 2 N–H and O–H groups in total. The molecule has 0 unspecified atom stereocenters. The van der Waals surface area contributed by atoms with Gasteiger partial charge in [-0.2, -0.15) is 0 Å². The smallest absolute Gasteiger partial charge is 0.408 e. The van der Waals surface area contributed by atoms with Gasteiger partial charge in [0, 0.05) is 35.4 Å². The van der Waals surface area contributed by atoms with Crippen molar-refractivity contribution in [1.29, 1.82) is 0 Å². The summed E-state index contributed by atoms with van der Waals surface area (Å²) in [6.45, 7) is 16.0. The van der Waals surface area contributed by atoms with Crippen LogP contribution in [0.4, 0.5) is 4.79 Å². The number of amides is 3. The van der Waals surface area contributed by atoms with Gasteiger partial charge in [0.25, 0.3) is 0 Å². The van der Waals surface area contributed by atoms with Crippen LogP contribution in [0, 0.1) is 11.3 Å². The van der Waals surface area contributed by atoms with Gasteiger partial charge >= 0.3 is 6.09 Å². The summed E-state index contributed by atoms with van der Waals surface area (Å²) in [5.74, 6) is -0.137. The van der Waals surface area contributed by atoms with E-state index in [4.69, 9.17) is 19.2 Å². The van der Waals surface area contributed by atoms with E-state index in [-0.39, 0.29) is 24.7 Å². The van der Waals surface area contributed by atoms with E-state index >= 15 is 0 Å². The summed E-state index contributed by atoms with van der Waals surface area (Å²) in [7, 11) is 1.59. The molecule has 2 fully saturated rings. The number of nitrogens with zero attached hydrogens (tertiary/aromatic N) is 2. The molecule has 2 heterocycles. The molecule has 1 aliphatic carbocycles. The average Bonchev–Trinajstić information content (AvgIpc) is 3.61. The first-order valence-corrected chi connectivity index (χ1v) is 16.9. The minimum absolute atomic E-state index is 0.0537. The van der Waals surface area contributed by atoms with Crippen LogP contribution in [0.1, 0.15) is 61.3 Å². The van der Waals surface area contributed by atoms with Crippen molar-refractivity contribution in [3.63, 3.8) is 0 Å². The van der Waals surface area contributed by atoms with Gasteiger partial charge in [-0.15, -0.1) is 6.58 Å². The Morgan fingerprint density at radius 3 is 2.32 bits per heavy atom. The number of likely N-dealkylation sites (tertiary alicyclic amines) is 1. The van der Waals surface area contributed by atoms with Crippen molar-refractivity contribution in [2.24, 2.45) is 11.3 Å². The number of rotatable bonds is 10. The van der Waals surface area contributed by atoms with Crippen molar-refractivity contribution >= 4 is 34.6 Å². The lowest BCUT2D eigenvalue weighted by atomic mass is 9.85. The van der Waals surface area contributed by atoms with Crippen LogP contribution >= 0.6 is 0 Å². The Balaban J connectivity index is 1.51. The first kappa shape index (κ1) is 36.4. The van der Waals surface area contributed by atoms with E-state index in [0.717, 1.165) is 10.9 Å². The molecule has 5 atom stereocenters. The number of carbonyl (C=O) groups excluding carboxylic acids is 4. The predicted molar refractivity (Wildman–Crippen MR) is 191 cm³/mol. The van der Waals surface area contributed by atoms with Crippen molar-refractivity contribution in [2.45, 2.75) is 90.6 Å². The number of alkyl carbamates (subject to hydrolysis) is 1. The lowest BCUT2D eigenvalue weighted by Gasteiger charge is -2.36. The number of hydrogen-bond donors (Lipinski definition) is 2. The number of aromatic nitrogens is 1. The van der Waals surface area contributed by atoms with E-state index in [2.05, 4.69) is 17.2 Å². The van der Waals surface area contributed by atoms with Crippen LogP contribution in [0.15, 0.2) is 67.3 Å². The fourth-order valence-electron chi connectivity index (χ4n) is 6.46. The number of pyridine rings is 1. The van der Waals surface area contributed by atoms with Gasteiger partial charge in [0.2, 0.25) is 11.8 Å². The van der Waals surface area contributed by atoms with Crippen LogP contribution in [-0.2, 0) is 19.1 Å². The summed E-state index contributed by atoms with van der Waals surface area (Å²) in [5.41, 5.74) is -0.363. The number of Topliss-reactive ketones (excluding diaryl/α,β-unsaturated/α-hetero) is 1. The van der Waals surface area contributed by atoms with Crippen LogP contribution in [0.2, 0.25) is 0 Å². The quantitative estimate of drug-likeness (QED) is 0.254. The maximum Gasteiger partial charge on any atom is 0.408 e. The molecule has 3 aromatic rings. The molecule has 1 saturated carbocycles. The Morgan fingerprint density at radius 2 is 1.74 bits per heavy atom. The molecule has 1 saturated heterocycles. The van der Waals surface area contributed by atoms with Crippen molar-refractivity contribution in [3.05, 3.63) is 67.3 Å².